The summed E-state index contributed by atoms with van der Waals surface area (Å²) in [7, 11) is 0. The van der Waals surface area contributed by atoms with Crippen molar-refractivity contribution in [3.05, 3.63) is 34.6 Å². The van der Waals surface area contributed by atoms with Gasteiger partial charge in [-0.25, -0.2) is 4.39 Å². The van der Waals surface area contributed by atoms with Crippen molar-refractivity contribution in [2.75, 3.05) is 13.1 Å². The molecule has 4 nitrogen and oxygen atoms in total. The van der Waals surface area contributed by atoms with Crippen molar-refractivity contribution in [3.8, 4) is 0 Å². The molecule has 0 aromatic heterocycles. The smallest absolute Gasteiger partial charge is 0.243 e. The summed E-state index contributed by atoms with van der Waals surface area (Å²) in [5.74, 6) is -0.142. The highest BCUT2D eigenvalue weighted by atomic mass is 35.5. The third kappa shape index (κ3) is 3.62. The van der Waals surface area contributed by atoms with Crippen LogP contribution in [0.15, 0.2) is 18.2 Å². The van der Waals surface area contributed by atoms with Gasteiger partial charge in [-0.2, -0.15) is 0 Å². The monoisotopic (exact) mass is 394 g/mol. The minimum Gasteiger partial charge on any atom is -0.393 e. The van der Waals surface area contributed by atoms with Crippen molar-refractivity contribution in [2.45, 2.75) is 75.6 Å². The quantitative estimate of drug-likeness (QED) is 0.849. The van der Waals surface area contributed by atoms with E-state index in [-0.39, 0.29) is 23.1 Å². The molecule has 2 saturated heterocycles. The molecule has 0 radical (unpaired) electrons. The minimum absolute atomic E-state index is 0.137. The number of rotatable bonds is 3. The van der Waals surface area contributed by atoms with Gasteiger partial charge in [0.2, 0.25) is 5.91 Å². The molecule has 148 valence electrons. The molecule has 1 aromatic carbocycles. The maximum absolute atomic E-state index is 13.6. The first-order valence-electron chi connectivity index (χ1n) is 10.2. The van der Waals surface area contributed by atoms with Crippen LogP contribution < -0.4 is 0 Å². The first kappa shape index (κ1) is 19.2. The molecule has 1 atom stereocenters. The second-order valence-electron chi connectivity index (χ2n) is 8.37. The highest BCUT2D eigenvalue weighted by Crippen LogP contribution is 2.41. The summed E-state index contributed by atoms with van der Waals surface area (Å²) in [6.45, 7) is 2.35. The minimum atomic E-state index is -0.421. The molecule has 1 N–H and O–H groups in total. The molecule has 2 aliphatic heterocycles. The third-order valence-corrected chi connectivity index (χ3v) is 7.03. The normalized spacial score (nSPS) is 32.4. The zero-order chi connectivity index (χ0) is 19.0. The maximum atomic E-state index is 13.6. The van der Waals surface area contributed by atoms with Gasteiger partial charge in [-0.3, -0.25) is 9.69 Å². The van der Waals surface area contributed by atoms with Gasteiger partial charge in [0.25, 0.3) is 0 Å². The lowest BCUT2D eigenvalue weighted by Crippen LogP contribution is -2.62. The number of aliphatic hydroxyl groups excluding tert-OH is 1. The fourth-order valence-electron chi connectivity index (χ4n) is 5.28. The first-order chi connectivity index (χ1) is 13.0. The lowest BCUT2D eigenvalue weighted by Gasteiger charge is -2.48. The van der Waals surface area contributed by atoms with E-state index >= 15 is 0 Å². The van der Waals surface area contributed by atoms with Crippen LogP contribution in [0.4, 0.5) is 4.39 Å². The Bertz CT molecular complexity index is 707. The summed E-state index contributed by atoms with van der Waals surface area (Å²) >= 11 is 5.95. The third-order valence-electron chi connectivity index (χ3n) is 6.74. The number of benzene rings is 1. The Morgan fingerprint density at radius 1 is 1.15 bits per heavy atom. The second kappa shape index (κ2) is 7.69. The van der Waals surface area contributed by atoms with Gasteiger partial charge in [0, 0.05) is 19.1 Å². The molecule has 1 amide bonds. The van der Waals surface area contributed by atoms with Crippen LogP contribution in [0.1, 0.15) is 56.9 Å². The van der Waals surface area contributed by atoms with Crippen LogP contribution >= 0.6 is 11.6 Å². The van der Waals surface area contributed by atoms with E-state index in [1.807, 2.05) is 0 Å². The number of hydrogen-bond acceptors (Lipinski definition) is 3. The average molecular weight is 395 g/mol. The fourth-order valence-corrected chi connectivity index (χ4v) is 5.49. The summed E-state index contributed by atoms with van der Waals surface area (Å²) < 4.78 is 13.5. The number of piperidine rings is 1. The summed E-state index contributed by atoms with van der Waals surface area (Å²) in [5, 5.41) is 9.93. The Morgan fingerprint density at radius 3 is 2.56 bits per heavy atom. The van der Waals surface area contributed by atoms with Crippen LogP contribution in [0.5, 0.6) is 0 Å². The van der Waals surface area contributed by atoms with Gasteiger partial charge in [0.1, 0.15) is 11.4 Å². The van der Waals surface area contributed by atoms with Crippen molar-refractivity contribution in [3.63, 3.8) is 0 Å². The van der Waals surface area contributed by atoms with Crippen molar-refractivity contribution >= 4 is 17.5 Å². The van der Waals surface area contributed by atoms with Crippen LogP contribution in [0, 0.1) is 5.82 Å². The summed E-state index contributed by atoms with van der Waals surface area (Å²) in [6.07, 6.45) is 7.00. The lowest BCUT2D eigenvalue weighted by atomic mass is 9.82. The van der Waals surface area contributed by atoms with Gasteiger partial charge in [-0.05, 0) is 75.6 Å². The van der Waals surface area contributed by atoms with Crippen molar-refractivity contribution in [1.29, 1.82) is 0 Å². The van der Waals surface area contributed by atoms with Gasteiger partial charge in [-0.15, -0.1) is 0 Å². The summed E-state index contributed by atoms with van der Waals surface area (Å²) in [4.78, 5) is 18.0. The highest BCUT2D eigenvalue weighted by Gasteiger charge is 2.51. The number of nitrogens with zero attached hydrogens (tertiary/aromatic N) is 2. The van der Waals surface area contributed by atoms with Crippen molar-refractivity contribution < 1.29 is 14.3 Å². The number of likely N-dealkylation sites (tertiary alicyclic amines) is 2. The van der Waals surface area contributed by atoms with Gasteiger partial charge < -0.3 is 10.0 Å². The van der Waals surface area contributed by atoms with Gasteiger partial charge in [0.05, 0.1) is 11.1 Å². The zero-order valence-corrected chi connectivity index (χ0v) is 16.4. The number of carbonyl (C=O) groups excluding carboxylic acids is 1. The van der Waals surface area contributed by atoms with Crippen LogP contribution in [-0.4, -0.2) is 51.6 Å². The van der Waals surface area contributed by atoms with Gasteiger partial charge in [-0.1, -0.05) is 17.7 Å². The largest absolute Gasteiger partial charge is 0.393 e. The zero-order valence-electron chi connectivity index (χ0n) is 15.7. The van der Waals surface area contributed by atoms with Gasteiger partial charge in [0.15, 0.2) is 0 Å². The Labute approximate surface area is 165 Å². The van der Waals surface area contributed by atoms with E-state index in [2.05, 4.69) is 9.80 Å². The van der Waals surface area contributed by atoms with E-state index in [1.54, 1.807) is 12.1 Å². The topological polar surface area (TPSA) is 43.8 Å². The number of hydrogen-bond donors (Lipinski definition) is 1. The average Bonchev–Trinajstić information content (AvgIpc) is 3.05. The number of halogens is 2. The molecular weight excluding hydrogens is 367 g/mol. The van der Waals surface area contributed by atoms with Crippen LogP contribution in [0.3, 0.4) is 0 Å². The van der Waals surface area contributed by atoms with E-state index in [4.69, 9.17) is 11.6 Å². The predicted molar refractivity (Wildman–Crippen MR) is 103 cm³/mol. The van der Waals surface area contributed by atoms with E-state index in [1.165, 1.54) is 6.07 Å². The molecular formula is C21H28ClFN2O2. The molecule has 1 saturated carbocycles. The molecule has 6 heteroatoms. The molecule has 0 bridgehead atoms. The van der Waals surface area contributed by atoms with Crippen LogP contribution in [0.2, 0.25) is 5.02 Å². The number of aliphatic hydroxyl groups is 1. The number of amides is 1. The molecule has 2 heterocycles. The molecule has 3 fully saturated rings. The Hall–Kier alpha value is -1.17. The van der Waals surface area contributed by atoms with Crippen LogP contribution in [-0.2, 0) is 11.3 Å². The molecule has 1 aliphatic carbocycles. The van der Waals surface area contributed by atoms with Crippen molar-refractivity contribution in [2.24, 2.45) is 0 Å². The van der Waals surface area contributed by atoms with E-state index in [0.29, 0.717) is 6.54 Å². The van der Waals surface area contributed by atoms with E-state index < -0.39 is 11.4 Å². The first-order valence-corrected chi connectivity index (χ1v) is 10.6. The maximum Gasteiger partial charge on any atom is 0.243 e. The molecule has 27 heavy (non-hydrogen) atoms. The van der Waals surface area contributed by atoms with E-state index in [0.717, 1.165) is 70.0 Å². The van der Waals surface area contributed by atoms with Crippen molar-refractivity contribution in [1.82, 2.24) is 9.80 Å². The molecule has 4 rings (SSSR count). The van der Waals surface area contributed by atoms with Crippen LogP contribution in [0.25, 0.3) is 0 Å². The lowest BCUT2D eigenvalue weighted by molar-refractivity contribution is -0.152. The standard InChI is InChI=1S/C21H28ClFN2O2/c22-18-13-15(3-8-19(18)23)14-24-11-1-9-21(24)10-2-12-25(20(21)27)16-4-6-17(26)7-5-16/h3,8,13,16-17,26H,1-2,4-7,9-12,14H2. The SMILES string of the molecule is O=C1N(C2CCC(O)CC2)CCCC12CCCN2Cc1ccc(F)c(Cl)c1. The molecule has 1 aromatic rings. The molecule has 1 spiro atoms. The fraction of sp³-hybridized carbons (Fsp3) is 0.667. The van der Waals surface area contributed by atoms with E-state index in [9.17, 15) is 14.3 Å². The Kier molecular flexibility index (Phi) is 5.45. The Morgan fingerprint density at radius 2 is 1.85 bits per heavy atom. The van der Waals surface area contributed by atoms with Gasteiger partial charge >= 0.3 is 0 Å². The molecule has 3 aliphatic rings. The summed E-state index contributed by atoms with van der Waals surface area (Å²) in [5.41, 5.74) is 0.531. The second-order valence-corrected chi connectivity index (χ2v) is 8.78. The summed E-state index contributed by atoms with van der Waals surface area (Å²) in [6, 6.07) is 5.11. The predicted octanol–water partition coefficient (Wildman–Crippen LogP) is 3.74. The Balaban J connectivity index is 1.52. The molecule has 1 unspecified atom stereocenters. The number of carbonyl (C=O) groups is 1. The highest BCUT2D eigenvalue weighted by molar-refractivity contribution is 6.30.